The van der Waals surface area contributed by atoms with E-state index in [1.807, 2.05) is 18.2 Å². The third-order valence-corrected chi connectivity index (χ3v) is 5.03. The second-order valence-electron chi connectivity index (χ2n) is 6.85. The first-order valence-electron chi connectivity index (χ1n) is 9.14. The standard InChI is InChI=1S/C22H25FN2/c23-22(17-25)7-3-6-20-10-8-18(9-11-20)4-1-2-5-19-12-14-21(16-24)15-13-19/h3,6-7,12-15,18,20H,1-2,4-5,8-11H2. The van der Waals surface area contributed by atoms with Crippen LogP contribution in [-0.4, -0.2) is 0 Å². The van der Waals surface area contributed by atoms with Crippen molar-refractivity contribution in [1.82, 2.24) is 0 Å². The summed E-state index contributed by atoms with van der Waals surface area (Å²) in [7, 11) is 0. The van der Waals surface area contributed by atoms with Crippen molar-refractivity contribution >= 4 is 0 Å². The van der Waals surface area contributed by atoms with Crippen LogP contribution < -0.4 is 0 Å². The molecule has 0 radical (unpaired) electrons. The van der Waals surface area contributed by atoms with Gasteiger partial charge in [-0.1, -0.05) is 37.1 Å². The highest BCUT2D eigenvalue weighted by Gasteiger charge is 2.18. The Bertz CT molecular complexity index is 665. The van der Waals surface area contributed by atoms with Gasteiger partial charge in [-0.2, -0.15) is 14.9 Å². The number of rotatable bonds is 7. The molecule has 0 heterocycles. The number of halogens is 1. The second kappa shape index (κ2) is 10.5. The number of aryl methyl sites for hydroxylation is 1. The van der Waals surface area contributed by atoms with Crippen molar-refractivity contribution in [1.29, 1.82) is 10.5 Å². The van der Waals surface area contributed by atoms with Crippen LogP contribution in [0.3, 0.4) is 0 Å². The molecule has 1 aromatic rings. The molecule has 2 nitrogen and oxygen atoms in total. The Morgan fingerprint density at radius 2 is 1.80 bits per heavy atom. The van der Waals surface area contributed by atoms with E-state index in [4.69, 9.17) is 10.5 Å². The highest BCUT2D eigenvalue weighted by atomic mass is 19.1. The lowest BCUT2D eigenvalue weighted by atomic mass is 9.79. The Morgan fingerprint density at radius 1 is 1.08 bits per heavy atom. The summed E-state index contributed by atoms with van der Waals surface area (Å²) < 4.78 is 12.7. The smallest absolute Gasteiger partial charge is 0.195 e. The molecule has 0 unspecified atom stereocenters. The van der Waals surface area contributed by atoms with Gasteiger partial charge in [0.2, 0.25) is 0 Å². The molecule has 3 heteroatoms. The summed E-state index contributed by atoms with van der Waals surface area (Å²) in [5.74, 6) is 0.613. The summed E-state index contributed by atoms with van der Waals surface area (Å²) in [4.78, 5) is 0. The highest BCUT2D eigenvalue weighted by Crippen LogP contribution is 2.32. The average molecular weight is 336 g/mol. The molecule has 1 aliphatic rings. The van der Waals surface area contributed by atoms with Gasteiger partial charge in [0.15, 0.2) is 5.83 Å². The van der Waals surface area contributed by atoms with Crippen molar-refractivity contribution in [2.75, 3.05) is 0 Å². The van der Waals surface area contributed by atoms with E-state index in [0.717, 1.165) is 17.9 Å². The molecule has 0 amide bonds. The second-order valence-corrected chi connectivity index (χ2v) is 6.85. The van der Waals surface area contributed by atoms with Crippen molar-refractivity contribution in [2.45, 2.75) is 51.4 Å². The Kier molecular flexibility index (Phi) is 7.93. The van der Waals surface area contributed by atoms with Crippen molar-refractivity contribution in [3.8, 4) is 12.1 Å². The van der Waals surface area contributed by atoms with E-state index >= 15 is 0 Å². The van der Waals surface area contributed by atoms with Gasteiger partial charge < -0.3 is 0 Å². The van der Waals surface area contributed by atoms with E-state index < -0.39 is 5.83 Å². The zero-order valence-electron chi connectivity index (χ0n) is 14.6. The van der Waals surface area contributed by atoms with Gasteiger partial charge >= 0.3 is 0 Å². The summed E-state index contributed by atoms with van der Waals surface area (Å²) in [6.07, 6.45) is 14.6. The fourth-order valence-electron chi connectivity index (χ4n) is 3.51. The SMILES string of the molecule is N#CC(F)=CC=CC1CCC(CCCCc2ccc(C#N)cc2)CC1. The van der Waals surface area contributed by atoms with Gasteiger partial charge in [0.1, 0.15) is 6.07 Å². The predicted molar refractivity (Wildman–Crippen MR) is 98.1 cm³/mol. The molecule has 1 aromatic carbocycles. The lowest BCUT2D eigenvalue weighted by molar-refractivity contribution is 0.289. The third kappa shape index (κ3) is 6.94. The van der Waals surface area contributed by atoms with Crippen molar-refractivity contribution in [3.05, 3.63) is 59.4 Å². The molecule has 2 rings (SSSR count). The number of hydrogen-bond donors (Lipinski definition) is 0. The molecule has 130 valence electrons. The molecule has 0 saturated heterocycles. The van der Waals surface area contributed by atoms with Gasteiger partial charge in [-0.25, -0.2) is 0 Å². The van der Waals surface area contributed by atoms with Crippen LogP contribution in [-0.2, 0) is 6.42 Å². The van der Waals surface area contributed by atoms with Crippen LogP contribution in [0.25, 0.3) is 0 Å². The lowest BCUT2D eigenvalue weighted by Crippen LogP contribution is -2.13. The Hall–Kier alpha value is -2.39. The van der Waals surface area contributed by atoms with Gasteiger partial charge in [0.25, 0.3) is 0 Å². The van der Waals surface area contributed by atoms with Gasteiger partial charge in [-0.05, 0) is 74.1 Å². The molecule has 0 N–H and O–H groups in total. The van der Waals surface area contributed by atoms with E-state index in [1.54, 1.807) is 6.08 Å². The largest absolute Gasteiger partial charge is 0.199 e. The number of benzene rings is 1. The summed E-state index contributed by atoms with van der Waals surface area (Å²) in [5, 5.41) is 17.2. The van der Waals surface area contributed by atoms with Gasteiger partial charge in [-0.15, -0.1) is 0 Å². The van der Waals surface area contributed by atoms with Crippen molar-refractivity contribution < 1.29 is 4.39 Å². The van der Waals surface area contributed by atoms with E-state index in [-0.39, 0.29) is 0 Å². The minimum absolute atomic E-state index is 0.526. The lowest BCUT2D eigenvalue weighted by Gasteiger charge is -2.26. The Morgan fingerprint density at radius 3 is 2.44 bits per heavy atom. The maximum atomic E-state index is 12.7. The van der Waals surface area contributed by atoms with E-state index in [9.17, 15) is 4.39 Å². The molecular weight excluding hydrogens is 311 g/mol. The number of hydrogen-bond acceptors (Lipinski definition) is 2. The molecule has 1 fully saturated rings. The molecular formula is C22H25FN2. The number of unbranched alkanes of at least 4 members (excludes halogenated alkanes) is 1. The Labute approximate surface area is 150 Å². The van der Waals surface area contributed by atoms with Crippen LogP contribution in [0.2, 0.25) is 0 Å². The molecule has 0 aliphatic heterocycles. The van der Waals surface area contributed by atoms with Crippen molar-refractivity contribution in [2.24, 2.45) is 11.8 Å². The summed E-state index contributed by atoms with van der Waals surface area (Å²) in [5.41, 5.74) is 2.03. The molecule has 0 bridgehead atoms. The molecule has 1 saturated carbocycles. The monoisotopic (exact) mass is 336 g/mol. The van der Waals surface area contributed by atoms with Crippen LogP contribution in [0.1, 0.15) is 56.1 Å². The third-order valence-electron chi connectivity index (χ3n) is 5.03. The molecule has 0 atom stereocenters. The minimum atomic E-state index is -0.729. The normalized spacial score (nSPS) is 21.0. The first kappa shape index (κ1) is 18.9. The predicted octanol–water partition coefficient (Wildman–Crippen LogP) is 6.01. The molecule has 0 spiro atoms. The zero-order valence-corrected chi connectivity index (χ0v) is 14.6. The Balaban J connectivity index is 1.61. The topological polar surface area (TPSA) is 47.6 Å². The van der Waals surface area contributed by atoms with E-state index in [2.05, 4.69) is 18.2 Å². The average Bonchev–Trinajstić information content (AvgIpc) is 2.66. The number of nitrogens with zero attached hydrogens (tertiary/aromatic N) is 2. The van der Waals surface area contributed by atoms with Crippen molar-refractivity contribution in [3.63, 3.8) is 0 Å². The summed E-state index contributed by atoms with van der Waals surface area (Å²) >= 11 is 0. The van der Waals surface area contributed by atoms with Crippen LogP contribution in [0.4, 0.5) is 4.39 Å². The first-order chi connectivity index (χ1) is 12.2. The van der Waals surface area contributed by atoms with Gasteiger partial charge in [0, 0.05) is 0 Å². The maximum Gasteiger partial charge on any atom is 0.199 e. The van der Waals surface area contributed by atoms with Gasteiger partial charge in [-0.3, -0.25) is 0 Å². The zero-order chi connectivity index (χ0) is 17.9. The number of allylic oxidation sites excluding steroid dienone is 4. The highest BCUT2D eigenvalue weighted by molar-refractivity contribution is 5.31. The number of nitriles is 2. The van der Waals surface area contributed by atoms with Crippen LogP contribution in [0, 0.1) is 34.5 Å². The maximum absolute atomic E-state index is 12.7. The fraction of sp³-hybridized carbons (Fsp3) is 0.455. The quantitative estimate of drug-likeness (QED) is 0.348. The molecule has 25 heavy (non-hydrogen) atoms. The summed E-state index contributed by atoms with van der Waals surface area (Å²) in [6, 6.07) is 11.5. The van der Waals surface area contributed by atoms with Crippen LogP contribution in [0.15, 0.2) is 48.3 Å². The van der Waals surface area contributed by atoms with E-state index in [0.29, 0.717) is 5.92 Å². The summed E-state index contributed by atoms with van der Waals surface area (Å²) in [6.45, 7) is 0. The van der Waals surface area contributed by atoms with Crippen LogP contribution >= 0.6 is 0 Å². The molecule has 1 aliphatic carbocycles. The van der Waals surface area contributed by atoms with E-state index in [1.165, 1.54) is 62.7 Å². The first-order valence-corrected chi connectivity index (χ1v) is 9.14. The van der Waals surface area contributed by atoms with Crippen LogP contribution in [0.5, 0.6) is 0 Å². The van der Waals surface area contributed by atoms with Gasteiger partial charge in [0.05, 0.1) is 11.6 Å². The minimum Gasteiger partial charge on any atom is -0.195 e. The molecule has 0 aromatic heterocycles. The fourth-order valence-corrected chi connectivity index (χ4v) is 3.51.